The van der Waals surface area contributed by atoms with Crippen LogP contribution in [0.2, 0.25) is 0 Å². The molecule has 0 spiro atoms. The molecule has 6 heteroatoms. The number of carbonyl (C=O) groups excluding carboxylic acids is 1. The number of rotatable bonds is 3. The van der Waals surface area contributed by atoms with Gasteiger partial charge in [-0.1, -0.05) is 13.0 Å². The molecule has 0 saturated carbocycles. The molecule has 0 radical (unpaired) electrons. The minimum atomic E-state index is -3.35. The molecular weight excluding hydrogens is 288 g/mol. The molecule has 1 aromatic carbocycles. The molecule has 1 N–H and O–H groups in total. The second-order valence-corrected chi connectivity index (χ2v) is 7.65. The number of hydrogen-bond donors (Lipinski definition) is 1. The fraction of sp³-hybridized carbons (Fsp3) is 0.533. The monoisotopic (exact) mass is 310 g/mol. The number of anilines is 1. The first kappa shape index (κ1) is 15.8. The van der Waals surface area contributed by atoms with E-state index in [0.29, 0.717) is 17.2 Å². The van der Waals surface area contributed by atoms with Crippen molar-refractivity contribution < 1.29 is 13.2 Å². The van der Waals surface area contributed by atoms with E-state index in [1.54, 1.807) is 18.2 Å². The summed E-state index contributed by atoms with van der Waals surface area (Å²) in [4.78, 5) is 14.4. The second kappa shape index (κ2) is 6.05. The highest BCUT2D eigenvalue weighted by molar-refractivity contribution is 7.92. The fourth-order valence-electron chi connectivity index (χ4n) is 2.62. The van der Waals surface area contributed by atoms with Crippen molar-refractivity contribution in [3.63, 3.8) is 0 Å². The van der Waals surface area contributed by atoms with Crippen molar-refractivity contribution in [3.8, 4) is 0 Å². The molecule has 1 amide bonds. The van der Waals surface area contributed by atoms with E-state index in [9.17, 15) is 13.2 Å². The van der Waals surface area contributed by atoms with Crippen molar-refractivity contribution in [2.24, 2.45) is 5.92 Å². The van der Waals surface area contributed by atoms with E-state index >= 15 is 0 Å². The Hall–Kier alpha value is -1.56. The highest BCUT2D eigenvalue weighted by Crippen LogP contribution is 2.22. The fourth-order valence-corrected chi connectivity index (χ4v) is 3.24. The molecule has 1 unspecified atom stereocenters. The van der Waals surface area contributed by atoms with Gasteiger partial charge in [-0.2, -0.15) is 0 Å². The molecular formula is C15H22N2O3S. The van der Waals surface area contributed by atoms with E-state index in [2.05, 4.69) is 11.6 Å². The van der Waals surface area contributed by atoms with Gasteiger partial charge in [-0.05, 0) is 43.4 Å². The average Bonchev–Trinajstić information content (AvgIpc) is 2.39. The van der Waals surface area contributed by atoms with Crippen molar-refractivity contribution >= 4 is 21.6 Å². The lowest BCUT2D eigenvalue weighted by Gasteiger charge is -2.31. The zero-order valence-corrected chi connectivity index (χ0v) is 13.5. The predicted molar refractivity (Wildman–Crippen MR) is 83.9 cm³/mol. The lowest BCUT2D eigenvalue weighted by Crippen LogP contribution is -2.39. The van der Waals surface area contributed by atoms with Crippen LogP contribution in [0.1, 0.15) is 35.7 Å². The largest absolute Gasteiger partial charge is 0.338 e. The smallest absolute Gasteiger partial charge is 0.253 e. The van der Waals surface area contributed by atoms with Crippen molar-refractivity contribution in [2.75, 3.05) is 24.1 Å². The SMILES string of the molecule is Cc1ccc(C(=O)N2CCCC(C)C2)cc1NS(C)(=O)=O. The molecule has 1 aliphatic rings. The number of sulfonamides is 1. The summed E-state index contributed by atoms with van der Waals surface area (Å²) in [5, 5.41) is 0. The van der Waals surface area contributed by atoms with Crippen LogP contribution in [-0.4, -0.2) is 38.6 Å². The highest BCUT2D eigenvalue weighted by Gasteiger charge is 2.22. The number of piperidine rings is 1. The van der Waals surface area contributed by atoms with E-state index in [-0.39, 0.29) is 5.91 Å². The summed E-state index contributed by atoms with van der Waals surface area (Å²) in [7, 11) is -3.35. The minimum absolute atomic E-state index is 0.0295. The molecule has 1 heterocycles. The number of aryl methyl sites for hydroxylation is 1. The van der Waals surface area contributed by atoms with Crippen LogP contribution in [0.3, 0.4) is 0 Å². The molecule has 1 aromatic rings. The third-order valence-corrected chi connectivity index (χ3v) is 4.31. The van der Waals surface area contributed by atoms with Gasteiger partial charge in [-0.3, -0.25) is 9.52 Å². The molecule has 1 atom stereocenters. The number of likely N-dealkylation sites (tertiary alicyclic amines) is 1. The summed E-state index contributed by atoms with van der Waals surface area (Å²) < 4.78 is 25.2. The summed E-state index contributed by atoms with van der Waals surface area (Å²) in [5.41, 5.74) is 1.79. The average molecular weight is 310 g/mol. The normalized spacial score (nSPS) is 19.4. The Balaban J connectivity index is 2.23. The topological polar surface area (TPSA) is 66.5 Å². The lowest BCUT2D eigenvalue weighted by molar-refractivity contribution is 0.0683. The first-order chi connectivity index (χ1) is 9.76. The van der Waals surface area contributed by atoms with Crippen molar-refractivity contribution in [1.29, 1.82) is 0 Å². The van der Waals surface area contributed by atoms with Crippen molar-refractivity contribution in [3.05, 3.63) is 29.3 Å². The van der Waals surface area contributed by atoms with Crippen LogP contribution >= 0.6 is 0 Å². The Morgan fingerprint density at radius 3 is 2.71 bits per heavy atom. The summed E-state index contributed by atoms with van der Waals surface area (Å²) in [6.07, 6.45) is 3.28. The molecule has 2 rings (SSSR count). The number of benzene rings is 1. The van der Waals surface area contributed by atoms with Gasteiger partial charge in [0, 0.05) is 18.7 Å². The molecule has 1 aliphatic heterocycles. The maximum absolute atomic E-state index is 12.5. The first-order valence-electron chi connectivity index (χ1n) is 7.14. The molecule has 0 bridgehead atoms. The maximum atomic E-state index is 12.5. The van der Waals surface area contributed by atoms with Crippen LogP contribution in [0.4, 0.5) is 5.69 Å². The Bertz CT molecular complexity index is 640. The van der Waals surface area contributed by atoms with Gasteiger partial charge < -0.3 is 4.90 Å². The zero-order valence-electron chi connectivity index (χ0n) is 12.7. The second-order valence-electron chi connectivity index (χ2n) is 5.90. The van der Waals surface area contributed by atoms with Gasteiger partial charge in [0.2, 0.25) is 10.0 Å². The van der Waals surface area contributed by atoms with E-state index < -0.39 is 10.0 Å². The van der Waals surface area contributed by atoms with Gasteiger partial charge in [0.25, 0.3) is 5.91 Å². The standard InChI is InChI=1S/C15H22N2O3S/c1-11-5-4-8-17(10-11)15(18)13-7-6-12(2)14(9-13)16-21(3,19)20/h6-7,9,11,16H,4-5,8,10H2,1-3H3. The van der Waals surface area contributed by atoms with E-state index in [1.807, 2.05) is 11.8 Å². The molecule has 21 heavy (non-hydrogen) atoms. The third kappa shape index (κ3) is 4.20. The summed E-state index contributed by atoms with van der Waals surface area (Å²) in [6, 6.07) is 5.15. The van der Waals surface area contributed by atoms with Gasteiger partial charge in [-0.15, -0.1) is 0 Å². The van der Waals surface area contributed by atoms with Gasteiger partial charge in [0.15, 0.2) is 0 Å². The Morgan fingerprint density at radius 1 is 1.38 bits per heavy atom. The van der Waals surface area contributed by atoms with Crippen LogP contribution in [0.25, 0.3) is 0 Å². The number of carbonyl (C=O) groups is 1. The van der Waals surface area contributed by atoms with E-state index in [0.717, 1.165) is 37.8 Å². The van der Waals surface area contributed by atoms with Crippen molar-refractivity contribution in [2.45, 2.75) is 26.7 Å². The quantitative estimate of drug-likeness (QED) is 0.931. The highest BCUT2D eigenvalue weighted by atomic mass is 32.2. The summed E-state index contributed by atoms with van der Waals surface area (Å²) >= 11 is 0. The van der Waals surface area contributed by atoms with Gasteiger partial charge >= 0.3 is 0 Å². The van der Waals surface area contributed by atoms with Gasteiger partial charge in [-0.25, -0.2) is 8.42 Å². The summed E-state index contributed by atoms with van der Waals surface area (Å²) in [5.74, 6) is 0.486. The number of nitrogens with zero attached hydrogens (tertiary/aromatic N) is 1. The maximum Gasteiger partial charge on any atom is 0.253 e. The number of hydrogen-bond acceptors (Lipinski definition) is 3. The third-order valence-electron chi connectivity index (χ3n) is 3.72. The lowest BCUT2D eigenvalue weighted by atomic mass is 9.99. The molecule has 1 saturated heterocycles. The number of amides is 1. The molecule has 0 aliphatic carbocycles. The Kier molecular flexibility index (Phi) is 4.56. The summed E-state index contributed by atoms with van der Waals surface area (Å²) in [6.45, 7) is 5.49. The van der Waals surface area contributed by atoms with Gasteiger partial charge in [0.1, 0.15) is 0 Å². The van der Waals surface area contributed by atoms with Crippen LogP contribution in [0.5, 0.6) is 0 Å². The van der Waals surface area contributed by atoms with Crippen LogP contribution in [0.15, 0.2) is 18.2 Å². The minimum Gasteiger partial charge on any atom is -0.338 e. The Labute approximate surface area is 126 Å². The molecule has 116 valence electrons. The van der Waals surface area contributed by atoms with E-state index in [4.69, 9.17) is 0 Å². The van der Waals surface area contributed by atoms with Crippen molar-refractivity contribution in [1.82, 2.24) is 4.90 Å². The van der Waals surface area contributed by atoms with Crippen LogP contribution in [-0.2, 0) is 10.0 Å². The van der Waals surface area contributed by atoms with Crippen LogP contribution < -0.4 is 4.72 Å². The van der Waals surface area contributed by atoms with Gasteiger partial charge in [0.05, 0.1) is 11.9 Å². The molecule has 1 fully saturated rings. The predicted octanol–water partition coefficient (Wildman–Crippen LogP) is 2.24. The van der Waals surface area contributed by atoms with E-state index in [1.165, 1.54) is 0 Å². The van der Waals surface area contributed by atoms with Crippen LogP contribution in [0, 0.1) is 12.8 Å². The Morgan fingerprint density at radius 2 is 2.10 bits per heavy atom. The first-order valence-corrected chi connectivity index (χ1v) is 9.03. The zero-order chi connectivity index (χ0) is 15.6. The number of nitrogens with one attached hydrogen (secondary N) is 1. The molecule has 5 nitrogen and oxygen atoms in total. The molecule has 0 aromatic heterocycles.